The molecule has 0 amide bonds. The highest BCUT2D eigenvalue weighted by Gasteiger charge is 2.30. The Morgan fingerprint density at radius 3 is 2.57 bits per heavy atom. The van der Waals surface area contributed by atoms with Gasteiger partial charge in [-0.3, -0.25) is 0 Å². The first-order valence-electron chi connectivity index (χ1n) is 11.2. The van der Waals surface area contributed by atoms with Crippen LogP contribution < -0.4 is 9.64 Å². The lowest BCUT2D eigenvalue weighted by molar-refractivity contribution is 0.415. The number of hydrogen-bond acceptors (Lipinski definition) is 7. The van der Waals surface area contributed by atoms with Crippen molar-refractivity contribution in [1.29, 1.82) is 0 Å². The number of halogens is 1. The number of ether oxygens (including phenoxy) is 1. The van der Waals surface area contributed by atoms with Gasteiger partial charge in [0.15, 0.2) is 0 Å². The quantitative estimate of drug-likeness (QED) is 0.403. The van der Waals surface area contributed by atoms with Gasteiger partial charge in [0.1, 0.15) is 17.9 Å². The average Bonchev–Trinajstić information content (AvgIpc) is 3.21. The lowest BCUT2D eigenvalue weighted by atomic mass is 10.1. The van der Waals surface area contributed by atoms with E-state index in [1.807, 2.05) is 24.3 Å². The summed E-state index contributed by atoms with van der Waals surface area (Å²) in [4.78, 5) is 11.1. The van der Waals surface area contributed by atoms with E-state index in [0.717, 1.165) is 22.7 Å². The van der Waals surface area contributed by atoms with Gasteiger partial charge in [-0.15, -0.1) is 0 Å². The van der Waals surface area contributed by atoms with Crippen LogP contribution in [-0.2, 0) is 10.0 Å². The maximum atomic E-state index is 13.5. The molecule has 0 radical (unpaired) electrons. The van der Waals surface area contributed by atoms with Crippen LogP contribution >= 0.6 is 11.6 Å². The first kappa shape index (κ1) is 23.5. The number of hydrogen-bond donors (Lipinski definition) is 0. The largest absolute Gasteiger partial charge is 0.497 e. The molecule has 5 rings (SSSR count). The number of sulfonamides is 1. The number of nitrogens with zero attached hydrogens (tertiary/aromatic N) is 6. The second-order valence-corrected chi connectivity index (χ2v) is 10.6. The second kappa shape index (κ2) is 9.44. The van der Waals surface area contributed by atoms with Crippen LogP contribution in [0.5, 0.6) is 5.75 Å². The Hall–Kier alpha value is -3.21. The van der Waals surface area contributed by atoms with E-state index in [4.69, 9.17) is 16.3 Å². The minimum absolute atomic E-state index is 0.250. The fourth-order valence-electron chi connectivity index (χ4n) is 4.40. The molecule has 35 heavy (non-hydrogen) atoms. The monoisotopic (exact) mass is 512 g/mol. The third-order valence-electron chi connectivity index (χ3n) is 6.27. The fraction of sp³-hybridized carbons (Fsp3) is 0.292. The molecule has 2 aromatic heterocycles. The van der Waals surface area contributed by atoms with Crippen molar-refractivity contribution < 1.29 is 13.2 Å². The maximum absolute atomic E-state index is 13.5. The minimum Gasteiger partial charge on any atom is -0.497 e. The number of methoxy groups -OCH3 is 1. The average molecular weight is 513 g/mol. The van der Waals surface area contributed by atoms with Gasteiger partial charge in [-0.2, -0.15) is 18.9 Å². The van der Waals surface area contributed by atoms with Crippen LogP contribution in [0.1, 0.15) is 12.0 Å². The van der Waals surface area contributed by atoms with Crippen molar-refractivity contribution in [3.63, 3.8) is 0 Å². The van der Waals surface area contributed by atoms with Gasteiger partial charge >= 0.3 is 0 Å². The highest BCUT2D eigenvalue weighted by atomic mass is 35.5. The van der Waals surface area contributed by atoms with Crippen molar-refractivity contribution in [2.24, 2.45) is 0 Å². The lowest BCUT2D eigenvalue weighted by Crippen LogP contribution is -2.36. The molecule has 0 aliphatic carbocycles. The van der Waals surface area contributed by atoms with Crippen LogP contribution in [-0.4, -0.2) is 65.6 Å². The van der Waals surface area contributed by atoms with Crippen molar-refractivity contribution in [2.45, 2.75) is 18.2 Å². The molecule has 0 bridgehead atoms. The summed E-state index contributed by atoms with van der Waals surface area (Å²) in [6.07, 6.45) is 3.91. The van der Waals surface area contributed by atoms with Crippen LogP contribution in [0.25, 0.3) is 16.9 Å². The van der Waals surface area contributed by atoms with E-state index in [9.17, 15) is 8.42 Å². The lowest BCUT2D eigenvalue weighted by Gasteiger charge is -2.26. The topological polar surface area (TPSA) is 92.9 Å². The Morgan fingerprint density at radius 1 is 1.00 bits per heavy atom. The van der Waals surface area contributed by atoms with E-state index in [-0.39, 0.29) is 4.90 Å². The first-order valence-corrected chi connectivity index (χ1v) is 13.1. The van der Waals surface area contributed by atoms with Gasteiger partial charge in [0, 0.05) is 43.0 Å². The minimum atomic E-state index is -3.68. The molecule has 1 saturated heterocycles. The van der Waals surface area contributed by atoms with Crippen LogP contribution in [0, 0.1) is 6.92 Å². The summed E-state index contributed by atoms with van der Waals surface area (Å²) in [5.41, 5.74) is 2.40. The van der Waals surface area contributed by atoms with E-state index in [1.54, 1.807) is 47.3 Å². The van der Waals surface area contributed by atoms with Gasteiger partial charge in [0.2, 0.25) is 10.0 Å². The summed E-state index contributed by atoms with van der Waals surface area (Å²) < 4.78 is 35.5. The molecule has 0 N–H and O–H groups in total. The number of anilines is 1. The third kappa shape index (κ3) is 4.33. The Morgan fingerprint density at radius 2 is 1.80 bits per heavy atom. The molecule has 182 valence electrons. The molecule has 1 aliphatic heterocycles. The van der Waals surface area contributed by atoms with E-state index in [1.165, 1.54) is 6.33 Å². The molecule has 0 unspecified atom stereocenters. The van der Waals surface area contributed by atoms with Crippen LogP contribution in [0.4, 0.5) is 5.82 Å². The molecule has 0 atom stereocenters. The highest BCUT2D eigenvalue weighted by Crippen LogP contribution is 2.33. The van der Waals surface area contributed by atoms with Crippen molar-refractivity contribution in [3.8, 4) is 16.9 Å². The highest BCUT2D eigenvalue weighted by molar-refractivity contribution is 7.89. The molecule has 3 heterocycles. The molecule has 9 nitrogen and oxygen atoms in total. The number of fused-ring (bicyclic) bond motifs is 1. The summed E-state index contributed by atoms with van der Waals surface area (Å²) in [5.74, 6) is 2.08. The number of aromatic nitrogens is 4. The van der Waals surface area contributed by atoms with Gasteiger partial charge in [-0.25, -0.2) is 13.4 Å². The predicted octanol–water partition coefficient (Wildman–Crippen LogP) is 3.66. The van der Waals surface area contributed by atoms with E-state index in [2.05, 4.69) is 20.0 Å². The number of rotatable bonds is 5. The van der Waals surface area contributed by atoms with E-state index < -0.39 is 10.0 Å². The molecule has 4 aromatic rings. The third-order valence-corrected chi connectivity index (χ3v) is 8.72. The van der Waals surface area contributed by atoms with Crippen molar-refractivity contribution in [1.82, 2.24) is 23.9 Å². The predicted molar refractivity (Wildman–Crippen MR) is 135 cm³/mol. The van der Waals surface area contributed by atoms with E-state index >= 15 is 0 Å². The fourth-order valence-corrected chi connectivity index (χ4v) is 6.35. The van der Waals surface area contributed by atoms with Gasteiger partial charge in [0.25, 0.3) is 5.78 Å². The van der Waals surface area contributed by atoms with Gasteiger partial charge in [-0.05, 0) is 48.7 Å². The summed E-state index contributed by atoms with van der Waals surface area (Å²) >= 11 is 6.21. The molecule has 11 heteroatoms. The SMILES string of the molecule is COc1ccc(-c2cnc3ncnn3c2N2CCCN(S(=O)(=O)c3cccc(Cl)c3C)CC2)cc1. The molecular formula is C24H25ClN6O3S. The molecule has 1 aliphatic rings. The van der Waals surface area contributed by atoms with Gasteiger partial charge in [-0.1, -0.05) is 29.8 Å². The van der Waals surface area contributed by atoms with Crippen molar-refractivity contribution >= 4 is 33.2 Å². The van der Waals surface area contributed by atoms with Crippen molar-refractivity contribution in [2.75, 3.05) is 38.2 Å². The first-order chi connectivity index (χ1) is 16.9. The smallest absolute Gasteiger partial charge is 0.254 e. The molecule has 2 aromatic carbocycles. The van der Waals surface area contributed by atoms with Gasteiger partial charge in [0.05, 0.1) is 12.0 Å². The van der Waals surface area contributed by atoms with Crippen LogP contribution in [0.15, 0.2) is 59.9 Å². The zero-order valence-electron chi connectivity index (χ0n) is 19.4. The Kier molecular flexibility index (Phi) is 6.35. The zero-order valence-corrected chi connectivity index (χ0v) is 21.0. The Labute approximate surface area is 209 Å². The summed E-state index contributed by atoms with van der Waals surface area (Å²) in [5, 5.41) is 4.85. The van der Waals surface area contributed by atoms with Gasteiger partial charge < -0.3 is 9.64 Å². The molecular weight excluding hydrogens is 488 g/mol. The summed E-state index contributed by atoms with van der Waals surface area (Å²) in [7, 11) is -2.05. The van der Waals surface area contributed by atoms with Crippen LogP contribution in [0.3, 0.4) is 0 Å². The molecule has 0 spiro atoms. The molecule has 1 fully saturated rings. The summed E-state index contributed by atoms with van der Waals surface area (Å²) in [6, 6.07) is 12.7. The zero-order chi connectivity index (χ0) is 24.6. The number of benzene rings is 2. The molecule has 0 saturated carbocycles. The standard InChI is InChI=1S/C24H25ClN6O3S/c1-17-21(25)5-3-6-22(17)35(32,33)30-12-4-11-29(13-14-30)23-20(15-26-24-27-16-28-31(23)24)18-7-9-19(34-2)10-8-18/h3,5-10,15-16H,4,11-14H2,1-2H3. The van der Waals surface area contributed by atoms with Crippen LogP contribution in [0.2, 0.25) is 5.02 Å². The normalized spacial score (nSPS) is 15.3. The summed E-state index contributed by atoms with van der Waals surface area (Å²) in [6.45, 7) is 3.62. The van der Waals surface area contributed by atoms with Crippen molar-refractivity contribution in [3.05, 3.63) is 65.6 Å². The Balaban J connectivity index is 1.50. The second-order valence-electron chi connectivity index (χ2n) is 8.30. The van der Waals surface area contributed by atoms with E-state index in [0.29, 0.717) is 49.0 Å². The Bertz CT molecular complexity index is 1470. The maximum Gasteiger partial charge on any atom is 0.254 e.